The lowest BCUT2D eigenvalue weighted by Gasteiger charge is -2.36. The SMILES string of the molecule is COCCC(N)C(=O)N1CCN(C(=O)CN(C)C)CC1. The van der Waals surface area contributed by atoms with Gasteiger partial charge in [0.2, 0.25) is 11.8 Å². The van der Waals surface area contributed by atoms with Crippen LogP contribution in [0.2, 0.25) is 0 Å². The Labute approximate surface area is 120 Å². The average Bonchev–Trinajstić information content (AvgIpc) is 2.43. The molecule has 1 fully saturated rings. The van der Waals surface area contributed by atoms with Gasteiger partial charge < -0.3 is 25.2 Å². The van der Waals surface area contributed by atoms with Crippen molar-refractivity contribution in [2.75, 3.05) is 60.5 Å². The fraction of sp³-hybridized carbons (Fsp3) is 0.846. The lowest BCUT2D eigenvalue weighted by molar-refractivity contribution is -0.140. The highest BCUT2D eigenvalue weighted by Crippen LogP contribution is 2.05. The molecule has 7 heteroatoms. The Hall–Kier alpha value is -1.18. The lowest BCUT2D eigenvalue weighted by atomic mass is 10.2. The van der Waals surface area contributed by atoms with Crippen molar-refractivity contribution >= 4 is 11.8 Å². The van der Waals surface area contributed by atoms with E-state index in [0.29, 0.717) is 45.8 Å². The molecule has 7 nitrogen and oxygen atoms in total. The van der Waals surface area contributed by atoms with E-state index in [2.05, 4.69) is 0 Å². The Balaban J connectivity index is 2.38. The first-order valence-corrected chi connectivity index (χ1v) is 6.91. The molecule has 0 aromatic carbocycles. The largest absolute Gasteiger partial charge is 0.385 e. The molecule has 2 N–H and O–H groups in total. The Bertz CT molecular complexity index is 328. The first-order valence-electron chi connectivity index (χ1n) is 6.91. The van der Waals surface area contributed by atoms with Crippen LogP contribution in [0, 0.1) is 0 Å². The second-order valence-electron chi connectivity index (χ2n) is 5.33. The highest BCUT2D eigenvalue weighted by atomic mass is 16.5. The van der Waals surface area contributed by atoms with Crippen LogP contribution in [0.4, 0.5) is 0 Å². The number of hydrogen-bond acceptors (Lipinski definition) is 5. The van der Waals surface area contributed by atoms with Crippen LogP contribution in [0.25, 0.3) is 0 Å². The van der Waals surface area contributed by atoms with Gasteiger partial charge in [-0.3, -0.25) is 9.59 Å². The number of carbonyl (C=O) groups excluding carboxylic acids is 2. The molecule has 0 aromatic heterocycles. The summed E-state index contributed by atoms with van der Waals surface area (Å²) in [5, 5.41) is 0. The van der Waals surface area contributed by atoms with E-state index in [0.717, 1.165) is 0 Å². The van der Waals surface area contributed by atoms with E-state index >= 15 is 0 Å². The van der Waals surface area contributed by atoms with Crippen molar-refractivity contribution in [3.05, 3.63) is 0 Å². The first-order chi connectivity index (χ1) is 9.45. The number of methoxy groups -OCH3 is 1. The molecule has 1 heterocycles. The zero-order valence-electron chi connectivity index (χ0n) is 12.7. The predicted molar refractivity (Wildman–Crippen MR) is 76.2 cm³/mol. The lowest BCUT2D eigenvalue weighted by Crippen LogP contribution is -2.55. The average molecular weight is 286 g/mol. The smallest absolute Gasteiger partial charge is 0.239 e. The van der Waals surface area contributed by atoms with Crippen molar-refractivity contribution in [3.63, 3.8) is 0 Å². The number of ether oxygens (including phenoxy) is 1. The normalized spacial score (nSPS) is 17.4. The summed E-state index contributed by atoms with van der Waals surface area (Å²) in [6.45, 7) is 3.15. The molecule has 0 bridgehead atoms. The highest BCUT2D eigenvalue weighted by Gasteiger charge is 2.26. The molecular weight excluding hydrogens is 260 g/mol. The maximum Gasteiger partial charge on any atom is 0.239 e. The van der Waals surface area contributed by atoms with Gasteiger partial charge in [0.15, 0.2) is 0 Å². The molecule has 0 aliphatic carbocycles. The van der Waals surface area contributed by atoms with E-state index in [9.17, 15) is 9.59 Å². The maximum atomic E-state index is 12.1. The van der Waals surface area contributed by atoms with E-state index in [1.807, 2.05) is 19.0 Å². The van der Waals surface area contributed by atoms with Crippen LogP contribution in [0.1, 0.15) is 6.42 Å². The number of nitrogens with two attached hydrogens (primary N) is 1. The third-order valence-corrected chi connectivity index (χ3v) is 3.35. The highest BCUT2D eigenvalue weighted by molar-refractivity contribution is 5.82. The summed E-state index contributed by atoms with van der Waals surface area (Å²) >= 11 is 0. The molecule has 1 unspecified atom stereocenters. The van der Waals surface area contributed by atoms with Gasteiger partial charge >= 0.3 is 0 Å². The van der Waals surface area contributed by atoms with Gasteiger partial charge in [0.1, 0.15) is 0 Å². The van der Waals surface area contributed by atoms with E-state index in [1.165, 1.54) is 0 Å². The first kappa shape index (κ1) is 16.9. The number of likely N-dealkylation sites (N-methyl/N-ethyl adjacent to an activating group) is 1. The summed E-state index contributed by atoms with van der Waals surface area (Å²) in [5.74, 6) is 0.0486. The van der Waals surface area contributed by atoms with Crippen LogP contribution in [0.15, 0.2) is 0 Å². The molecule has 1 saturated heterocycles. The van der Waals surface area contributed by atoms with Crippen LogP contribution < -0.4 is 5.73 Å². The number of piperazine rings is 1. The van der Waals surface area contributed by atoms with Crippen LogP contribution in [-0.2, 0) is 14.3 Å². The third-order valence-electron chi connectivity index (χ3n) is 3.35. The quantitative estimate of drug-likeness (QED) is 0.648. The van der Waals surface area contributed by atoms with Gasteiger partial charge in [-0.15, -0.1) is 0 Å². The summed E-state index contributed by atoms with van der Waals surface area (Å²) in [7, 11) is 5.32. The third kappa shape index (κ3) is 5.07. The topological polar surface area (TPSA) is 79.1 Å². The fourth-order valence-corrected chi connectivity index (χ4v) is 2.15. The second kappa shape index (κ2) is 8.18. The van der Waals surface area contributed by atoms with E-state index in [-0.39, 0.29) is 11.8 Å². The Morgan fingerprint density at radius 2 is 1.75 bits per heavy atom. The van der Waals surface area contributed by atoms with Gasteiger partial charge in [0, 0.05) is 39.9 Å². The van der Waals surface area contributed by atoms with Crippen molar-refractivity contribution in [2.24, 2.45) is 5.73 Å². The molecule has 0 spiro atoms. The van der Waals surface area contributed by atoms with Gasteiger partial charge in [0.25, 0.3) is 0 Å². The zero-order valence-corrected chi connectivity index (χ0v) is 12.7. The number of nitrogens with zero attached hydrogens (tertiary/aromatic N) is 3. The Kier molecular flexibility index (Phi) is 6.90. The molecule has 1 atom stereocenters. The molecule has 20 heavy (non-hydrogen) atoms. The molecule has 1 aliphatic heterocycles. The van der Waals surface area contributed by atoms with Gasteiger partial charge in [-0.05, 0) is 20.5 Å². The van der Waals surface area contributed by atoms with Crippen molar-refractivity contribution in [2.45, 2.75) is 12.5 Å². The monoisotopic (exact) mass is 286 g/mol. The zero-order chi connectivity index (χ0) is 15.1. The molecule has 0 radical (unpaired) electrons. The van der Waals surface area contributed by atoms with Gasteiger partial charge in [-0.2, -0.15) is 0 Å². The number of hydrogen-bond donors (Lipinski definition) is 1. The van der Waals surface area contributed by atoms with E-state index < -0.39 is 6.04 Å². The standard InChI is InChI=1S/C13H26N4O3/c1-15(2)10-12(18)16-5-7-17(8-6-16)13(19)11(14)4-9-20-3/h11H,4-10,14H2,1-3H3. The summed E-state index contributed by atoms with van der Waals surface area (Å²) < 4.78 is 4.93. The van der Waals surface area contributed by atoms with E-state index in [4.69, 9.17) is 10.5 Å². The summed E-state index contributed by atoms with van der Waals surface area (Å²) in [5.41, 5.74) is 5.84. The molecule has 0 saturated carbocycles. The van der Waals surface area contributed by atoms with Crippen LogP contribution in [-0.4, -0.2) is 93.1 Å². The van der Waals surface area contributed by atoms with Crippen molar-refractivity contribution in [1.82, 2.24) is 14.7 Å². The Morgan fingerprint density at radius 1 is 1.20 bits per heavy atom. The van der Waals surface area contributed by atoms with Crippen LogP contribution in [0.5, 0.6) is 0 Å². The number of carbonyl (C=O) groups is 2. The van der Waals surface area contributed by atoms with Gasteiger partial charge in [0.05, 0.1) is 12.6 Å². The fourth-order valence-electron chi connectivity index (χ4n) is 2.15. The van der Waals surface area contributed by atoms with Crippen molar-refractivity contribution in [1.29, 1.82) is 0 Å². The minimum atomic E-state index is -0.515. The van der Waals surface area contributed by atoms with E-state index in [1.54, 1.807) is 16.9 Å². The summed E-state index contributed by atoms with van der Waals surface area (Å²) in [6, 6.07) is -0.515. The molecule has 116 valence electrons. The summed E-state index contributed by atoms with van der Waals surface area (Å²) in [6.07, 6.45) is 0.523. The summed E-state index contributed by atoms with van der Waals surface area (Å²) in [4.78, 5) is 29.4. The number of amides is 2. The molecule has 1 aliphatic rings. The minimum absolute atomic E-state index is 0.0539. The molecular formula is C13H26N4O3. The molecule has 1 rings (SSSR count). The van der Waals surface area contributed by atoms with Crippen molar-refractivity contribution in [3.8, 4) is 0 Å². The predicted octanol–water partition coefficient (Wildman–Crippen LogP) is -1.42. The van der Waals surface area contributed by atoms with Crippen LogP contribution in [0.3, 0.4) is 0 Å². The Morgan fingerprint density at radius 3 is 2.25 bits per heavy atom. The number of rotatable bonds is 6. The minimum Gasteiger partial charge on any atom is -0.385 e. The van der Waals surface area contributed by atoms with Crippen molar-refractivity contribution < 1.29 is 14.3 Å². The molecule has 0 aromatic rings. The van der Waals surface area contributed by atoms with Gasteiger partial charge in [-0.25, -0.2) is 0 Å². The van der Waals surface area contributed by atoms with Crippen LogP contribution >= 0.6 is 0 Å². The second-order valence-corrected chi connectivity index (χ2v) is 5.33. The maximum absolute atomic E-state index is 12.1. The van der Waals surface area contributed by atoms with Gasteiger partial charge in [-0.1, -0.05) is 0 Å². The molecule has 2 amide bonds.